The van der Waals surface area contributed by atoms with Crippen molar-refractivity contribution < 1.29 is 31.5 Å². The van der Waals surface area contributed by atoms with Gasteiger partial charge < -0.3 is 9.47 Å². The van der Waals surface area contributed by atoms with E-state index >= 15 is 0 Å². The van der Waals surface area contributed by atoms with Crippen molar-refractivity contribution in [3.05, 3.63) is 65.9 Å². The lowest BCUT2D eigenvalue weighted by atomic mass is 9.88. The Bertz CT molecular complexity index is 1350. The molecule has 3 aromatic rings. The van der Waals surface area contributed by atoms with Gasteiger partial charge in [-0.05, 0) is 68.7 Å². The number of halogens is 2. The van der Waals surface area contributed by atoms with Crippen LogP contribution in [0.5, 0.6) is 5.75 Å². The molecule has 1 aliphatic carbocycles. The van der Waals surface area contributed by atoms with Crippen LogP contribution >= 0.6 is 0 Å². The van der Waals surface area contributed by atoms with Gasteiger partial charge in [-0.15, -0.1) is 0 Å². The summed E-state index contributed by atoms with van der Waals surface area (Å²) in [5.41, 5.74) is -0.801. The highest BCUT2D eigenvalue weighted by molar-refractivity contribution is 7.90. The molecule has 7 nitrogen and oxygen atoms in total. The quantitative estimate of drug-likeness (QED) is 0.507. The topological polar surface area (TPSA) is 94.6 Å². The summed E-state index contributed by atoms with van der Waals surface area (Å²) in [6.07, 6.45) is 2.10. The monoisotopic (exact) mass is 490 g/mol. The van der Waals surface area contributed by atoms with E-state index in [0.717, 1.165) is 0 Å². The molecule has 1 saturated carbocycles. The molecule has 1 fully saturated rings. The SMILES string of the molecule is COC(C)(C)c1ccc(OC(F)F)c(C2(C(=O)NS(=O)(=O)c3cccc4ncccc34)CC2)c1. The zero-order valence-electron chi connectivity index (χ0n) is 18.8. The van der Waals surface area contributed by atoms with Crippen LogP contribution in [0.15, 0.2) is 59.6 Å². The molecule has 1 aromatic heterocycles. The molecule has 0 atom stereocenters. The summed E-state index contributed by atoms with van der Waals surface area (Å²) in [5.74, 6) is -0.982. The lowest BCUT2D eigenvalue weighted by Gasteiger charge is -2.27. The second kappa shape index (κ2) is 8.59. The van der Waals surface area contributed by atoms with Gasteiger partial charge in [0.2, 0.25) is 5.91 Å². The molecule has 0 saturated heterocycles. The number of benzene rings is 2. The van der Waals surface area contributed by atoms with Gasteiger partial charge in [0.05, 0.1) is 21.4 Å². The van der Waals surface area contributed by atoms with Crippen LogP contribution in [0, 0.1) is 0 Å². The number of rotatable bonds is 8. The summed E-state index contributed by atoms with van der Waals surface area (Å²) >= 11 is 0. The third kappa shape index (κ3) is 4.35. The molecule has 2 aromatic carbocycles. The molecule has 0 radical (unpaired) electrons. The van der Waals surface area contributed by atoms with Crippen molar-refractivity contribution in [1.82, 2.24) is 9.71 Å². The van der Waals surface area contributed by atoms with Crippen LogP contribution in [0.2, 0.25) is 0 Å². The van der Waals surface area contributed by atoms with E-state index in [2.05, 4.69) is 14.4 Å². The number of hydrogen-bond donors (Lipinski definition) is 1. The number of ether oxygens (including phenoxy) is 2. The van der Waals surface area contributed by atoms with Gasteiger partial charge in [-0.3, -0.25) is 9.78 Å². The molecule has 180 valence electrons. The predicted octanol–water partition coefficient (Wildman–Crippen LogP) is 4.25. The molecule has 1 heterocycles. The van der Waals surface area contributed by atoms with E-state index in [-0.39, 0.29) is 29.1 Å². The second-order valence-corrected chi connectivity index (χ2v) is 10.3. The molecule has 34 heavy (non-hydrogen) atoms. The first-order chi connectivity index (χ1) is 16.0. The summed E-state index contributed by atoms with van der Waals surface area (Å²) in [6, 6.07) is 12.3. The van der Waals surface area contributed by atoms with Gasteiger partial charge >= 0.3 is 6.61 Å². The summed E-state index contributed by atoms with van der Waals surface area (Å²) in [5, 5.41) is 0.362. The van der Waals surface area contributed by atoms with Crippen molar-refractivity contribution in [1.29, 1.82) is 0 Å². The highest BCUT2D eigenvalue weighted by Crippen LogP contribution is 2.52. The smallest absolute Gasteiger partial charge is 0.387 e. The maximum atomic E-state index is 13.3. The summed E-state index contributed by atoms with van der Waals surface area (Å²) in [7, 11) is -2.76. The molecule has 4 rings (SSSR count). The Hall–Kier alpha value is -3.11. The molecule has 0 spiro atoms. The Morgan fingerprint density at radius 3 is 2.53 bits per heavy atom. The number of nitrogens with zero attached hydrogens (tertiary/aromatic N) is 1. The largest absolute Gasteiger partial charge is 0.435 e. The van der Waals surface area contributed by atoms with E-state index in [0.29, 0.717) is 16.5 Å². The standard InChI is InChI=1S/C24H24F2N2O5S/c1-23(2,32-3)15-9-10-19(33-22(25)26)17(14-15)24(11-12-24)21(29)28-34(30,31)20-8-4-7-18-16(20)6-5-13-27-18/h4-10,13-14,22H,11-12H2,1-3H3,(H,28,29). The van der Waals surface area contributed by atoms with Crippen LogP contribution in [0.1, 0.15) is 37.8 Å². The maximum absolute atomic E-state index is 13.3. The lowest BCUT2D eigenvalue weighted by molar-refractivity contribution is -0.122. The molecule has 1 N–H and O–H groups in total. The Kier molecular flexibility index (Phi) is 6.07. The van der Waals surface area contributed by atoms with Gasteiger partial charge in [0.15, 0.2) is 0 Å². The first kappa shape index (κ1) is 24.0. The number of pyridine rings is 1. The minimum absolute atomic E-state index is 0.0967. The fourth-order valence-corrected chi connectivity index (χ4v) is 5.19. The van der Waals surface area contributed by atoms with E-state index in [4.69, 9.17) is 4.74 Å². The van der Waals surface area contributed by atoms with Crippen LogP contribution in [-0.2, 0) is 30.6 Å². The van der Waals surface area contributed by atoms with E-state index in [1.807, 2.05) is 0 Å². The van der Waals surface area contributed by atoms with Crippen molar-refractivity contribution in [3.8, 4) is 5.75 Å². The number of nitrogens with one attached hydrogen (secondary N) is 1. The molecule has 10 heteroatoms. The molecule has 1 amide bonds. The van der Waals surface area contributed by atoms with Gasteiger partial charge in [0.25, 0.3) is 10.0 Å². The van der Waals surface area contributed by atoms with Crippen LogP contribution in [0.25, 0.3) is 10.9 Å². The predicted molar refractivity (Wildman–Crippen MR) is 121 cm³/mol. The number of methoxy groups -OCH3 is 1. The fraction of sp³-hybridized carbons (Fsp3) is 0.333. The minimum atomic E-state index is -4.27. The zero-order chi connectivity index (χ0) is 24.7. The third-order valence-electron chi connectivity index (χ3n) is 6.22. The van der Waals surface area contributed by atoms with Gasteiger partial charge in [0, 0.05) is 24.3 Å². The molecular weight excluding hydrogens is 466 g/mol. The second-order valence-electron chi connectivity index (χ2n) is 8.65. The average molecular weight is 491 g/mol. The number of alkyl halides is 2. The first-order valence-corrected chi connectivity index (χ1v) is 12.0. The average Bonchev–Trinajstić information content (AvgIpc) is 3.60. The highest BCUT2D eigenvalue weighted by Gasteiger charge is 2.54. The minimum Gasteiger partial charge on any atom is -0.435 e. The van der Waals surface area contributed by atoms with E-state index < -0.39 is 33.6 Å². The molecule has 0 aliphatic heterocycles. The molecule has 1 aliphatic rings. The Morgan fingerprint density at radius 1 is 1.15 bits per heavy atom. The van der Waals surface area contributed by atoms with E-state index in [9.17, 15) is 22.0 Å². The van der Waals surface area contributed by atoms with E-state index in [1.54, 1.807) is 44.2 Å². The van der Waals surface area contributed by atoms with Crippen molar-refractivity contribution >= 4 is 26.8 Å². The van der Waals surface area contributed by atoms with Crippen LogP contribution in [0.3, 0.4) is 0 Å². The Morgan fingerprint density at radius 2 is 1.88 bits per heavy atom. The molecule has 0 unspecified atom stereocenters. The number of aromatic nitrogens is 1. The van der Waals surface area contributed by atoms with Gasteiger partial charge in [-0.25, -0.2) is 13.1 Å². The number of carbonyl (C=O) groups excluding carboxylic acids is 1. The number of sulfonamides is 1. The number of hydrogen-bond acceptors (Lipinski definition) is 6. The Labute approximate surface area is 196 Å². The Balaban J connectivity index is 1.73. The number of amides is 1. The molecule has 0 bridgehead atoms. The lowest BCUT2D eigenvalue weighted by Crippen LogP contribution is -2.39. The van der Waals surface area contributed by atoms with Crippen molar-refractivity contribution in [2.75, 3.05) is 7.11 Å². The zero-order valence-corrected chi connectivity index (χ0v) is 19.7. The maximum Gasteiger partial charge on any atom is 0.387 e. The van der Waals surface area contributed by atoms with E-state index in [1.165, 1.54) is 31.5 Å². The third-order valence-corrected chi connectivity index (χ3v) is 7.61. The summed E-state index contributed by atoms with van der Waals surface area (Å²) < 4.78 is 64.9. The van der Waals surface area contributed by atoms with Gasteiger partial charge in [-0.2, -0.15) is 8.78 Å². The summed E-state index contributed by atoms with van der Waals surface area (Å²) in [4.78, 5) is 17.4. The fourth-order valence-electron chi connectivity index (χ4n) is 3.92. The van der Waals surface area contributed by atoms with Crippen molar-refractivity contribution in [2.24, 2.45) is 0 Å². The first-order valence-electron chi connectivity index (χ1n) is 10.6. The van der Waals surface area contributed by atoms with Crippen LogP contribution < -0.4 is 9.46 Å². The number of carbonyl (C=O) groups is 1. The summed E-state index contributed by atoms with van der Waals surface area (Å²) in [6.45, 7) is 0.474. The van der Waals surface area contributed by atoms with Crippen LogP contribution in [0.4, 0.5) is 8.78 Å². The van der Waals surface area contributed by atoms with Gasteiger partial charge in [0.1, 0.15) is 5.75 Å². The normalized spacial score (nSPS) is 15.4. The van der Waals surface area contributed by atoms with Crippen molar-refractivity contribution in [2.45, 2.75) is 49.2 Å². The van der Waals surface area contributed by atoms with Gasteiger partial charge in [-0.1, -0.05) is 12.1 Å². The molecular formula is C24H24F2N2O5S. The highest BCUT2D eigenvalue weighted by atomic mass is 32.2. The van der Waals surface area contributed by atoms with Crippen molar-refractivity contribution in [3.63, 3.8) is 0 Å². The van der Waals surface area contributed by atoms with Crippen LogP contribution in [-0.4, -0.2) is 33.0 Å². The number of fused-ring (bicyclic) bond motifs is 1.